The predicted molar refractivity (Wildman–Crippen MR) is 79.1 cm³/mol. The van der Waals surface area contributed by atoms with Crippen molar-refractivity contribution in [3.05, 3.63) is 16.1 Å². The molecule has 2 rings (SSSR count). The van der Waals surface area contributed by atoms with Crippen molar-refractivity contribution in [2.45, 2.75) is 58.9 Å². The Morgan fingerprint density at radius 3 is 2.89 bits per heavy atom. The number of nitrogens with one attached hydrogen (secondary N) is 1. The Balaban J connectivity index is 2.00. The van der Waals surface area contributed by atoms with Gasteiger partial charge in [0.2, 0.25) is 0 Å². The monoisotopic (exact) mass is 266 g/mol. The summed E-state index contributed by atoms with van der Waals surface area (Å²) in [5, 5.41) is 7.19. The number of hydrogen-bond acceptors (Lipinski definition) is 3. The molecule has 3 heteroatoms. The van der Waals surface area contributed by atoms with Crippen LogP contribution in [0.3, 0.4) is 0 Å². The second kappa shape index (κ2) is 6.67. The van der Waals surface area contributed by atoms with Crippen LogP contribution in [0, 0.1) is 18.8 Å². The van der Waals surface area contributed by atoms with E-state index in [0.29, 0.717) is 6.04 Å². The Hall–Kier alpha value is -0.410. The van der Waals surface area contributed by atoms with Crippen LogP contribution in [0.5, 0.6) is 0 Å². The van der Waals surface area contributed by atoms with Gasteiger partial charge in [-0.3, -0.25) is 0 Å². The van der Waals surface area contributed by atoms with E-state index in [4.69, 9.17) is 0 Å². The number of hydrogen-bond donors (Lipinski definition) is 1. The van der Waals surface area contributed by atoms with Gasteiger partial charge in [0.1, 0.15) is 0 Å². The molecule has 1 aromatic rings. The molecule has 1 fully saturated rings. The Labute approximate surface area is 115 Å². The molecule has 1 aromatic heterocycles. The molecule has 102 valence electrons. The third kappa shape index (κ3) is 3.55. The molecule has 1 saturated carbocycles. The molecule has 3 unspecified atom stereocenters. The third-order valence-corrected chi connectivity index (χ3v) is 5.02. The lowest BCUT2D eigenvalue weighted by Crippen LogP contribution is -2.39. The highest BCUT2D eigenvalue weighted by Gasteiger charge is 2.30. The van der Waals surface area contributed by atoms with E-state index in [1.807, 2.05) is 0 Å². The van der Waals surface area contributed by atoms with Crippen LogP contribution in [-0.2, 0) is 6.42 Å². The minimum atomic E-state index is 0.629. The maximum atomic E-state index is 4.63. The summed E-state index contributed by atoms with van der Waals surface area (Å²) in [6.45, 7) is 7.90. The SMILES string of the molecule is CCCNC(Cc1csc(C)n1)C1CCCC1C. The van der Waals surface area contributed by atoms with E-state index in [2.05, 4.69) is 36.5 Å². The Morgan fingerprint density at radius 1 is 1.50 bits per heavy atom. The first kappa shape index (κ1) is 14.0. The molecular weight excluding hydrogens is 240 g/mol. The van der Waals surface area contributed by atoms with E-state index < -0.39 is 0 Å². The van der Waals surface area contributed by atoms with Crippen molar-refractivity contribution in [1.29, 1.82) is 0 Å². The Morgan fingerprint density at radius 2 is 2.33 bits per heavy atom. The summed E-state index contributed by atoms with van der Waals surface area (Å²) >= 11 is 1.77. The molecular formula is C15H26N2S. The molecule has 1 aliphatic rings. The first-order chi connectivity index (χ1) is 8.70. The van der Waals surface area contributed by atoms with Crippen molar-refractivity contribution < 1.29 is 0 Å². The van der Waals surface area contributed by atoms with Crippen molar-refractivity contribution in [3.63, 3.8) is 0 Å². The highest BCUT2D eigenvalue weighted by molar-refractivity contribution is 7.09. The van der Waals surface area contributed by atoms with Crippen LogP contribution >= 0.6 is 11.3 Å². The van der Waals surface area contributed by atoms with Crippen molar-refractivity contribution >= 4 is 11.3 Å². The largest absolute Gasteiger partial charge is 0.313 e. The zero-order valence-electron chi connectivity index (χ0n) is 11.9. The fourth-order valence-corrected chi connectivity index (χ4v) is 3.83. The van der Waals surface area contributed by atoms with Crippen LogP contribution < -0.4 is 5.32 Å². The van der Waals surface area contributed by atoms with Gasteiger partial charge in [-0.25, -0.2) is 4.98 Å². The van der Waals surface area contributed by atoms with Crippen LogP contribution in [0.4, 0.5) is 0 Å². The molecule has 0 saturated heterocycles. The molecule has 0 bridgehead atoms. The first-order valence-electron chi connectivity index (χ1n) is 7.35. The standard InChI is InChI=1S/C15H26N2S/c1-4-8-16-15(14-7-5-6-11(14)2)9-13-10-18-12(3)17-13/h10-11,14-16H,4-9H2,1-3H3. The summed E-state index contributed by atoms with van der Waals surface area (Å²) in [6, 6.07) is 0.629. The topological polar surface area (TPSA) is 24.9 Å². The highest BCUT2D eigenvalue weighted by atomic mass is 32.1. The smallest absolute Gasteiger partial charge is 0.0897 e. The molecule has 0 amide bonds. The molecule has 3 atom stereocenters. The Kier molecular flexibility index (Phi) is 5.19. The molecule has 1 N–H and O–H groups in total. The van der Waals surface area contributed by atoms with E-state index in [1.54, 1.807) is 11.3 Å². The van der Waals surface area contributed by atoms with E-state index in [1.165, 1.54) is 36.4 Å². The van der Waals surface area contributed by atoms with Gasteiger partial charge in [0.25, 0.3) is 0 Å². The van der Waals surface area contributed by atoms with Crippen LogP contribution in [-0.4, -0.2) is 17.6 Å². The number of nitrogens with zero attached hydrogens (tertiary/aromatic N) is 1. The third-order valence-electron chi connectivity index (χ3n) is 4.20. The average molecular weight is 266 g/mol. The second-order valence-electron chi connectivity index (χ2n) is 5.69. The van der Waals surface area contributed by atoms with E-state index in [-0.39, 0.29) is 0 Å². The molecule has 2 nitrogen and oxygen atoms in total. The van der Waals surface area contributed by atoms with Crippen LogP contribution in [0.25, 0.3) is 0 Å². The normalized spacial score (nSPS) is 25.5. The number of thiazole rings is 1. The van der Waals surface area contributed by atoms with Gasteiger partial charge >= 0.3 is 0 Å². The number of aryl methyl sites for hydroxylation is 1. The summed E-state index contributed by atoms with van der Waals surface area (Å²) in [5.74, 6) is 1.72. The Bertz CT molecular complexity index is 361. The summed E-state index contributed by atoms with van der Waals surface area (Å²) < 4.78 is 0. The summed E-state index contributed by atoms with van der Waals surface area (Å²) in [7, 11) is 0. The second-order valence-corrected chi connectivity index (χ2v) is 6.76. The molecule has 0 radical (unpaired) electrons. The molecule has 0 aromatic carbocycles. The predicted octanol–water partition coefficient (Wildman–Crippen LogP) is 3.80. The molecule has 18 heavy (non-hydrogen) atoms. The number of aromatic nitrogens is 1. The maximum Gasteiger partial charge on any atom is 0.0897 e. The van der Waals surface area contributed by atoms with Gasteiger partial charge < -0.3 is 5.32 Å². The molecule has 0 aliphatic heterocycles. The van der Waals surface area contributed by atoms with E-state index in [0.717, 1.165) is 24.8 Å². The van der Waals surface area contributed by atoms with Gasteiger partial charge in [-0.1, -0.05) is 26.7 Å². The number of rotatable bonds is 6. The molecule has 0 spiro atoms. The van der Waals surface area contributed by atoms with Gasteiger partial charge in [-0.05, 0) is 38.1 Å². The fraction of sp³-hybridized carbons (Fsp3) is 0.800. The quantitative estimate of drug-likeness (QED) is 0.847. The van der Waals surface area contributed by atoms with Gasteiger partial charge in [-0.15, -0.1) is 11.3 Å². The van der Waals surface area contributed by atoms with Crippen molar-refractivity contribution in [2.24, 2.45) is 11.8 Å². The minimum absolute atomic E-state index is 0.629. The van der Waals surface area contributed by atoms with Crippen molar-refractivity contribution in [1.82, 2.24) is 10.3 Å². The first-order valence-corrected chi connectivity index (χ1v) is 8.23. The van der Waals surface area contributed by atoms with Crippen molar-refractivity contribution in [3.8, 4) is 0 Å². The summed E-state index contributed by atoms with van der Waals surface area (Å²) in [5.41, 5.74) is 1.28. The lowest BCUT2D eigenvalue weighted by molar-refractivity contribution is 0.294. The van der Waals surface area contributed by atoms with Crippen molar-refractivity contribution in [2.75, 3.05) is 6.54 Å². The van der Waals surface area contributed by atoms with Crippen LogP contribution in [0.15, 0.2) is 5.38 Å². The highest BCUT2D eigenvalue weighted by Crippen LogP contribution is 2.34. The maximum absolute atomic E-state index is 4.63. The molecule has 1 aliphatic carbocycles. The van der Waals surface area contributed by atoms with E-state index >= 15 is 0 Å². The molecule has 1 heterocycles. The lowest BCUT2D eigenvalue weighted by Gasteiger charge is -2.27. The van der Waals surface area contributed by atoms with Gasteiger partial charge in [0.05, 0.1) is 10.7 Å². The fourth-order valence-electron chi connectivity index (χ4n) is 3.20. The summed E-state index contributed by atoms with van der Waals surface area (Å²) in [6.07, 6.45) is 6.54. The minimum Gasteiger partial charge on any atom is -0.313 e. The van der Waals surface area contributed by atoms with Gasteiger partial charge in [0.15, 0.2) is 0 Å². The van der Waals surface area contributed by atoms with Gasteiger partial charge in [0, 0.05) is 17.8 Å². The van der Waals surface area contributed by atoms with Crippen LogP contribution in [0.2, 0.25) is 0 Å². The van der Waals surface area contributed by atoms with Crippen LogP contribution in [0.1, 0.15) is 50.2 Å². The van der Waals surface area contributed by atoms with Gasteiger partial charge in [-0.2, -0.15) is 0 Å². The summed E-state index contributed by atoms with van der Waals surface area (Å²) in [4.78, 5) is 4.63. The zero-order chi connectivity index (χ0) is 13.0. The lowest BCUT2D eigenvalue weighted by atomic mass is 9.87. The van der Waals surface area contributed by atoms with E-state index in [9.17, 15) is 0 Å². The zero-order valence-corrected chi connectivity index (χ0v) is 12.7. The average Bonchev–Trinajstić information content (AvgIpc) is 2.93.